The van der Waals surface area contributed by atoms with Crippen molar-refractivity contribution in [3.05, 3.63) is 47.1 Å². The van der Waals surface area contributed by atoms with E-state index in [1.807, 2.05) is 24.1 Å². The summed E-state index contributed by atoms with van der Waals surface area (Å²) in [5, 5.41) is 8.90. The number of nitrogens with zero attached hydrogens (tertiary/aromatic N) is 2. The molecule has 1 aliphatic rings. The van der Waals surface area contributed by atoms with Crippen LogP contribution in [-0.4, -0.2) is 53.6 Å². The number of thiophene rings is 1. The fraction of sp³-hybridized carbons (Fsp3) is 0.421. The summed E-state index contributed by atoms with van der Waals surface area (Å²) in [7, 11) is 1.89. The van der Waals surface area contributed by atoms with E-state index in [1.54, 1.807) is 11.3 Å². The molecule has 1 aromatic carbocycles. The van der Waals surface area contributed by atoms with Gasteiger partial charge in [0.2, 0.25) is 0 Å². The molecular formula is C19H23FN2O2S. The van der Waals surface area contributed by atoms with Gasteiger partial charge in [-0.15, -0.1) is 11.3 Å². The third kappa shape index (κ3) is 4.87. The van der Waals surface area contributed by atoms with Crippen molar-refractivity contribution in [3.63, 3.8) is 0 Å². The number of halogens is 1. The predicted octanol–water partition coefficient (Wildman–Crippen LogP) is 3.54. The Morgan fingerprint density at radius 1 is 1.24 bits per heavy atom. The Morgan fingerprint density at radius 3 is 2.56 bits per heavy atom. The molecule has 6 heteroatoms. The Hall–Kier alpha value is -1.76. The van der Waals surface area contributed by atoms with E-state index < -0.39 is 5.97 Å². The van der Waals surface area contributed by atoms with Gasteiger partial charge in [-0.05, 0) is 49.7 Å². The maximum absolute atomic E-state index is 13.0. The van der Waals surface area contributed by atoms with Gasteiger partial charge in [-0.1, -0.05) is 12.1 Å². The van der Waals surface area contributed by atoms with E-state index in [9.17, 15) is 9.18 Å². The Morgan fingerprint density at radius 2 is 1.92 bits per heavy atom. The lowest BCUT2D eigenvalue weighted by Gasteiger charge is -2.35. The van der Waals surface area contributed by atoms with Crippen molar-refractivity contribution in [2.24, 2.45) is 0 Å². The van der Waals surface area contributed by atoms with Gasteiger partial charge in [0.05, 0.1) is 6.54 Å². The lowest BCUT2D eigenvalue weighted by atomic mass is 10.0. The van der Waals surface area contributed by atoms with Crippen molar-refractivity contribution >= 4 is 17.3 Å². The maximum Gasteiger partial charge on any atom is 0.317 e. The van der Waals surface area contributed by atoms with Crippen LogP contribution in [0.1, 0.15) is 17.7 Å². The highest BCUT2D eigenvalue weighted by atomic mass is 32.1. The van der Waals surface area contributed by atoms with E-state index in [4.69, 9.17) is 5.11 Å². The first kappa shape index (κ1) is 18.0. The quantitative estimate of drug-likeness (QED) is 0.854. The van der Waals surface area contributed by atoms with Gasteiger partial charge < -0.3 is 5.11 Å². The molecule has 25 heavy (non-hydrogen) atoms. The maximum atomic E-state index is 13.0. The van der Waals surface area contributed by atoms with Crippen LogP contribution in [0.2, 0.25) is 0 Å². The fourth-order valence-electron chi connectivity index (χ4n) is 3.31. The molecule has 0 radical (unpaired) electrons. The lowest BCUT2D eigenvalue weighted by molar-refractivity contribution is -0.138. The summed E-state index contributed by atoms with van der Waals surface area (Å²) in [6.45, 7) is 2.99. The molecule has 2 aromatic rings. The van der Waals surface area contributed by atoms with E-state index in [0.29, 0.717) is 6.04 Å². The fourth-order valence-corrected chi connectivity index (χ4v) is 4.37. The molecule has 1 aliphatic heterocycles. The van der Waals surface area contributed by atoms with Crippen LogP contribution in [0.3, 0.4) is 0 Å². The summed E-state index contributed by atoms with van der Waals surface area (Å²) >= 11 is 1.75. The van der Waals surface area contributed by atoms with E-state index >= 15 is 0 Å². The van der Waals surface area contributed by atoms with Gasteiger partial charge in [0, 0.05) is 35.4 Å². The number of carbonyl (C=O) groups is 1. The molecule has 1 fully saturated rings. The summed E-state index contributed by atoms with van der Waals surface area (Å²) in [6.07, 6.45) is 2.00. The monoisotopic (exact) mass is 362 g/mol. The summed E-state index contributed by atoms with van der Waals surface area (Å²) in [4.78, 5) is 17.6. The molecule has 0 unspecified atom stereocenters. The van der Waals surface area contributed by atoms with Crippen molar-refractivity contribution in [3.8, 4) is 10.4 Å². The number of carboxylic acid groups (broad SMARTS) is 1. The van der Waals surface area contributed by atoms with Crippen LogP contribution in [0.4, 0.5) is 4.39 Å². The number of aliphatic carboxylic acids is 1. The topological polar surface area (TPSA) is 43.8 Å². The summed E-state index contributed by atoms with van der Waals surface area (Å²) < 4.78 is 13.0. The van der Waals surface area contributed by atoms with Gasteiger partial charge in [-0.3, -0.25) is 14.6 Å². The molecule has 0 saturated carbocycles. The van der Waals surface area contributed by atoms with E-state index in [1.165, 1.54) is 17.0 Å². The third-order valence-corrected chi connectivity index (χ3v) is 5.85. The van der Waals surface area contributed by atoms with Crippen molar-refractivity contribution in [2.75, 3.05) is 26.7 Å². The van der Waals surface area contributed by atoms with Crippen LogP contribution in [0.15, 0.2) is 36.4 Å². The Balaban J connectivity index is 1.53. The van der Waals surface area contributed by atoms with Gasteiger partial charge in [0.25, 0.3) is 0 Å². The molecule has 1 N–H and O–H groups in total. The van der Waals surface area contributed by atoms with Crippen LogP contribution >= 0.6 is 11.3 Å². The zero-order valence-corrected chi connectivity index (χ0v) is 15.1. The smallest absolute Gasteiger partial charge is 0.317 e. The zero-order chi connectivity index (χ0) is 17.8. The molecule has 3 rings (SSSR count). The second-order valence-electron chi connectivity index (χ2n) is 6.59. The third-order valence-electron chi connectivity index (χ3n) is 4.73. The molecule has 1 aromatic heterocycles. The Bertz CT molecular complexity index is 708. The number of hydrogen-bond acceptors (Lipinski definition) is 4. The lowest BCUT2D eigenvalue weighted by Crippen LogP contribution is -2.44. The van der Waals surface area contributed by atoms with Crippen LogP contribution in [0.25, 0.3) is 10.4 Å². The summed E-state index contributed by atoms with van der Waals surface area (Å²) in [5.74, 6) is -0.979. The number of carboxylic acids is 1. The normalized spacial score (nSPS) is 16.4. The van der Waals surface area contributed by atoms with E-state index in [2.05, 4.69) is 17.0 Å². The second kappa shape index (κ2) is 8.08. The molecule has 0 aliphatic carbocycles. The molecule has 4 nitrogen and oxygen atoms in total. The van der Waals surface area contributed by atoms with Crippen molar-refractivity contribution in [2.45, 2.75) is 25.4 Å². The minimum absolute atomic E-state index is 0.108. The number of piperidine rings is 1. The molecule has 1 saturated heterocycles. The Kier molecular flexibility index (Phi) is 5.83. The Labute approximate surface area is 151 Å². The van der Waals surface area contributed by atoms with Gasteiger partial charge in [0.1, 0.15) is 5.82 Å². The van der Waals surface area contributed by atoms with E-state index in [0.717, 1.165) is 42.9 Å². The molecule has 0 spiro atoms. The van der Waals surface area contributed by atoms with Crippen molar-refractivity contribution < 1.29 is 14.3 Å². The zero-order valence-electron chi connectivity index (χ0n) is 14.3. The van der Waals surface area contributed by atoms with Gasteiger partial charge in [0.15, 0.2) is 0 Å². The highest BCUT2D eigenvalue weighted by Crippen LogP contribution is 2.29. The van der Waals surface area contributed by atoms with Gasteiger partial charge >= 0.3 is 5.97 Å². The number of hydrogen-bond donors (Lipinski definition) is 1. The highest BCUT2D eigenvalue weighted by molar-refractivity contribution is 7.15. The number of rotatable bonds is 6. The predicted molar refractivity (Wildman–Crippen MR) is 98.3 cm³/mol. The number of likely N-dealkylation sites (tertiary alicyclic amines) is 1. The minimum Gasteiger partial charge on any atom is -0.480 e. The highest BCUT2D eigenvalue weighted by Gasteiger charge is 2.23. The molecule has 134 valence electrons. The standard InChI is InChI=1S/C19H23FN2O2S/c1-21(13-19(23)24)16-8-10-22(11-9-16)12-17-6-7-18(25-17)14-2-4-15(20)5-3-14/h2-7,16H,8-13H2,1H3,(H,23,24). The molecule has 0 amide bonds. The van der Waals surface area contributed by atoms with Crippen molar-refractivity contribution in [1.29, 1.82) is 0 Å². The largest absolute Gasteiger partial charge is 0.480 e. The molecule has 0 atom stereocenters. The number of benzene rings is 1. The van der Waals surface area contributed by atoms with E-state index in [-0.39, 0.29) is 12.4 Å². The molecule has 0 bridgehead atoms. The first-order valence-electron chi connectivity index (χ1n) is 8.50. The summed E-state index contributed by atoms with van der Waals surface area (Å²) in [6, 6.07) is 11.2. The molecular weight excluding hydrogens is 339 g/mol. The van der Waals surface area contributed by atoms with Crippen LogP contribution in [0.5, 0.6) is 0 Å². The average Bonchev–Trinajstić information content (AvgIpc) is 3.04. The van der Waals surface area contributed by atoms with Gasteiger partial charge in [-0.25, -0.2) is 4.39 Å². The first-order chi connectivity index (χ1) is 12.0. The average molecular weight is 362 g/mol. The van der Waals surface area contributed by atoms with Crippen LogP contribution in [-0.2, 0) is 11.3 Å². The first-order valence-corrected chi connectivity index (χ1v) is 9.32. The SMILES string of the molecule is CN(CC(=O)O)C1CCN(Cc2ccc(-c3ccc(F)cc3)s2)CC1. The minimum atomic E-state index is -0.767. The second-order valence-corrected chi connectivity index (χ2v) is 7.76. The van der Waals surface area contributed by atoms with Crippen LogP contribution < -0.4 is 0 Å². The van der Waals surface area contributed by atoms with Crippen molar-refractivity contribution in [1.82, 2.24) is 9.80 Å². The molecule has 2 heterocycles. The van der Waals surface area contributed by atoms with Gasteiger partial charge in [-0.2, -0.15) is 0 Å². The summed E-state index contributed by atoms with van der Waals surface area (Å²) in [5.41, 5.74) is 1.05. The van der Waals surface area contributed by atoms with Crippen LogP contribution in [0, 0.1) is 5.82 Å². The number of likely N-dealkylation sites (N-methyl/N-ethyl adjacent to an activating group) is 1.